The van der Waals surface area contributed by atoms with Crippen LogP contribution >= 0.6 is 0 Å². The maximum Gasteiger partial charge on any atom is 0.320 e. The fourth-order valence-corrected chi connectivity index (χ4v) is 3.69. The minimum Gasteiger partial charge on any atom is -0.481 e. The van der Waals surface area contributed by atoms with Crippen molar-refractivity contribution in [2.45, 2.75) is 32.2 Å². The van der Waals surface area contributed by atoms with Crippen LogP contribution in [0.1, 0.15) is 35.7 Å². The molecule has 1 aliphatic heterocycles. The number of methoxy groups -OCH3 is 1. The number of pyridine rings is 1. The van der Waals surface area contributed by atoms with Gasteiger partial charge in [-0.2, -0.15) is 0 Å². The Bertz CT molecular complexity index is 921. The monoisotopic (exact) mass is 428 g/mol. The van der Waals surface area contributed by atoms with Gasteiger partial charge in [0.15, 0.2) is 0 Å². The van der Waals surface area contributed by atoms with Crippen LogP contribution in [0.4, 0.5) is 10.6 Å². The van der Waals surface area contributed by atoms with Gasteiger partial charge in [-0.3, -0.25) is 4.79 Å². The molecular formula is C21H28N6O4. The van der Waals surface area contributed by atoms with E-state index in [0.29, 0.717) is 25.2 Å². The van der Waals surface area contributed by atoms with Gasteiger partial charge in [0.1, 0.15) is 5.82 Å². The SMILES string of the molecule is CNc1nc(CCCN2CCN([C@@H](CC(=O)O)c3cnc(OC)nc3)C2=O)ccc1C. The number of hydrogen-bond donors (Lipinski definition) is 2. The molecule has 166 valence electrons. The number of aryl methyl sites for hydroxylation is 2. The van der Waals surface area contributed by atoms with E-state index in [-0.39, 0.29) is 18.5 Å². The Hall–Kier alpha value is -3.43. The van der Waals surface area contributed by atoms with Gasteiger partial charge in [0.25, 0.3) is 0 Å². The van der Waals surface area contributed by atoms with Crippen molar-refractivity contribution in [2.75, 3.05) is 39.1 Å². The highest BCUT2D eigenvalue weighted by Crippen LogP contribution is 2.28. The van der Waals surface area contributed by atoms with Gasteiger partial charge < -0.3 is 25.0 Å². The number of carbonyl (C=O) groups is 2. The second kappa shape index (κ2) is 10.1. The highest BCUT2D eigenvalue weighted by molar-refractivity contribution is 5.78. The fourth-order valence-electron chi connectivity index (χ4n) is 3.69. The summed E-state index contributed by atoms with van der Waals surface area (Å²) in [5.41, 5.74) is 2.63. The highest BCUT2D eigenvalue weighted by atomic mass is 16.5. The van der Waals surface area contributed by atoms with Crippen molar-refractivity contribution in [1.82, 2.24) is 24.8 Å². The Morgan fingerprint density at radius 3 is 2.68 bits per heavy atom. The van der Waals surface area contributed by atoms with Crippen LogP contribution in [0.5, 0.6) is 6.01 Å². The Balaban J connectivity index is 1.62. The second-order valence-electron chi connectivity index (χ2n) is 7.40. The van der Waals surface area contributed by atoms with Gasteiger partial charge in [-0.25, -0.2) is 19.7 Å². The molecule has 3 rings (SSSR count). The third-order valence-electron chi connectivity index (χ3n) is 5.34. The minimum atomic E-state index is -0.988. The number of carboxylic acids is 1. The Morgan fingerprint density at radius 1 is 1.29 bits per heavy atom. The van der Waals surface area contributed by atoms with Crippen LogP contribution in [-0.2, 0) is 11.2 Å². The average molecular weight is 428 g/mol. The molecule has 0 saturated carbocycles. The van der Waals surface area contributed by atoms with Crippen LogP contribution in [0.2, 0.25) is 0 Å². The lowest BCUT2D eigenvalue weighted by molar-refractivity contribution is -0.138. The Morgan fingerprint density at radius 2 is 2.03 bits per heavy atom. The van der Waals surface area contributed by atoms with Crippen LogP contribution in [0.15, 0.2) is 24.5 Å². The predicted octanol–water partition coefficient (Wildman–Crippen LogP) is 2.12. The van der Waals surface area contributed by atoms with Crippen LogP contribution < -0.4 is 10.1 Å². The Labute approximate surface area is 181 Å². The molecule has 2 aromatic heterocycles. The van der Waals surface area contributed by atoms with Crippen molar-refractivity contribution in [3.05, 3.63) is 41.3 Å². The molecule has 0 spiro atoms. The molecule has 10 nitrogen and oxygen atoms in total. The first kappa shape index (κ1) is 22.3. The summed E-state index contributed by atoms with van der Waals surface area (Å²) in [7, 11) is 3.30. The number of ether oxygens (including phenoxy) is 1. The largest absolute Gasteiger partial charge is 0.481 e. The van der Waals surface area contributed by atoms with Gasteiger partial charge in [0.05, 0.1) is 19.6 Å². The van der Waals surface area contributed by atoms with Crippen LogP contribution in [0.25, 0.3) is 0 Å². The van der Waals surface area contributed by atoms with Gasteiger partial charge in [0.2, 0.25) is 0 Å². The molecule has 0 unspecified atom stereocenters. The summed E-state index contributed by atoms with van der Waals surface area (Å²) in [6, 6.07) is 3.43. The van der Waals surface area contributed by atoms with Gasteiger partial charge in [0, 0.05) is 50.3 Å². The summed E-state index contributed by atoms with van der Waals surface area (Å²) in [6.07, 6.45) is 4.34. The molecule has 2 aromatic rings. The number of rotatable bonds is 10. The van der Waals surface area contributed by atoms with Crippen molar-refractivity contribution in [2.24, 2.45) is 0 Å². The molecule has 0 bridgehead atoms. The number of hydrogen-bond acceptors (Lipinski definition) is 7. The molecule has 3 heterocycles. The second-order valence-corrected chi connectivity index (χ2v) is 7.40. The standard InChI is InChI=1S/C21H28N6O4/c1-14-6-7-16(25-19(14)22-2)5-4-8-26-9-10-27(21(26)30)17(11-18(28)29)15-12-23-20(31-3)24-13-15/h6-7,12-13,17H,4-5,8-11H2,1-3H3,(H,22,25)(H,28,29)/t17-/m0/s1. The third kappa shape index (κ3) is 5.39. The summed E-state index contributed by atoms with van der Waals surface area (Å²) in [5, 5.41) is 12.4. The highest BCUT2D eigenvalue weighted by Gasteiger charge is 2.35. The van der Waals surface area contributed by atoms with Crippen molar-refractivity contribution in [3.8, 4) is 6.01 Å². The van der Waals surface area contributed by atoms with Crippen LogP contribution in [0, 0.1) is 6.92 Å². The van der Waals surface area contributed by atoms with E-state index >= 15 is 0 Å². The van der Waals surface area contributed by atoms with Crippen molar-refractivity contribution >= 4 is 17.8 Å². The lowest BCUT2D eigenvalue weighted by Crippen LogP contribution is -2.36. The number of aliphatic carboxylic acids is 1. The molecular weight excluding hydrogens is 400 g/mol. The maximum absolute atomic E-state index is 13.0. The minimum absolute atomic E-state index is 0.171. The fraction of sp³-hybridized carbons (Fsp3) is 0.476. The van der Waals surface area contributed by atoms with E-state index < -0.39 is 12.0 Å². The molecule has 2 amide bonds. The zero-order valence-electron chi connectivity index (χ0n) is 18.0. The van der Waals surface area contributed by atoms with Gasteiger partial charge in [-0.1, -0.05) is 6.07 Å². The number of nitrogens with one attached hydrogen (secondary N) is 1. The summed E-state index contributed by atoms with van der Waals surface area (Å²) in [5.74, 6) is -0.128. The molecule has 2 N–H and O–H groups in total. The van der Waals surface area contributed by atoms with Crippen molar-refractivity contribution in [3.63, 3.8) is 0 Å². The number of amides is 2. The quantitative estimate of drug-likeness (QED) is 0.590. The van der Waals surface area contributed by atoms with E-state index in [1.54, 1.807) is 9.80 Å². The zero-order chi connectivity index (χ0) is 22.4. The molecule has 1 atom stereocenters. The molecule has 1 aliphatic rings. The van der Waals surface area contributed by atoms with Gasteiger partial charge in [-0.05, 0) is 31.4 Å². The number of aromatic nitrogens is 3. The number of nitrogens with zero attached hydrogens (tertiary/aromatic N) is 5. The lowest BCUT2D eigenvalue weighted by Gasteiger charge is -2.27. The molecule has 10 heteroatoms. The Kier molecular flexibility index (Phi) is 7.22. The van der Waals surface area contributed by atoms with E-state index in [9.17, 15) is 14.7 Å². The molecule has 0 aromatic carbocycles. The van der Waals surface area contributed by atoms with E-state index in [2.05, 4.69) is 20.3 Å². The van der Waals surface area contributed by atoms with E-state index in [0.717, 1.165) is 29.9 Å². The summed E-state index contributed by atoms with van der Waals surface area (Å²) in [4.78, 5) is 40.4. The number of carboxylic acid groups (broad SMARTS) is 1. The van der Waals surface area contributed by atoms with Crippen LogP contribution in [0.3, 0.4) is 0 Å². The number of carbonyl (C=O) groups excluding carboxylic acids is 1. The first-order valence-electron chi connectivity index (χ1n) is 10.2. The van der Waals surface area contributed by atoms with Crippen molar-refractivity contribution < 1.29 is 19.4 Å². The zero-order valence-corrected chi connectivity index (χ0v) is 18.0. The smallest absolute Gasteiger partial charge is 0.320 e. The topological polar surface area (TPSA) is 121 Å². The first-order chi connectivity index (χ1) is 14.9. The van der Waals surface area contributed by atoms with Crippen LogP contribution in [-0.4, -0.2) is 75.7 Å². The number of urea groups is 1. The third-order valence-corrected chi connectivity index (χ3v) is 5.34. The summed E-state index contributed by atoms with van der Waals surface area (Å²) in [6.45, 7) is 3.59. The molecule has 0 radical (unpaired) electrons. The average Bonchev–Trinajstić information content (AvgIpc) is 3.13. The molecule has 1 fully saturated rings. The van der Waals surface area contributed by atoms with Crippen molar-refractivity contribution in [1.29, 1.82) is 0 Å². The molecule has 31 heavy (non-hydrogen) atoms. The molecule has 0 aliphatic carbocycles. The normalized spacial score (nSPS) is 14.6. The molecule has 1 saturated heterocycles. The van der Waals surface area contributed by atoms with E-state index in [1.807, 2.05) is 26.1 Å². The van der Waals surface area contributed by atoms with Gasteiger partial charge in [-0.15, -0.1) is 0 Å². The summed E-state index contributed by atoms with van der Waals surface area (Å²) >= 11 is 0. The summed E-state index contributed by atoms with van der Waals surface area (Å²) < 4.78 is 4.96. The van der Waals surface area contributed by atoms with Gasteiger partial charge >= 0.3 is 18.0 Å². The maximum atomic E-state index is 13.0. The number of anilines is 1. The predicted molar refractivity (Wildman–Crippen MR) is 114 cm³/mol. The van der Waals surface area contributed by atoms with E-state index in [4.69, 9.17) is 4.74 Å². The lowest BCUT2D eigenvalue weighted by atomic mass is 10.1. The first-order valence-corrected chi connectivity index (χ1v) is 10.2. The van der Waals surface area contributed by atoms with E-state index in [1.165, 1.54) is 19.5 Å².